The average molecular weight is 582 g/mol. The van der Waals surface area contributed by atoms with E-state index in [9.17, 15) is 0 Å². The summed E-state index contributed by atoms with van der Waals surface area (Å²) in [7, 11) is 0. The van der Waals surface area contributed by atoms with Crippen LogP contribution in [0.2, 0.25) is 0 Å². The normalized spacial score (nSPS) is 19.2. The highest BCUT2D eigenvalue weighted by molar-refractivity contribution is 7.80. The van der Waals surface area contributed by atoms with Gasteiger partial charge < -0.3 is 24.3 Å². The minimum absolute atomic E-state index is 0.0459. The Morgan fingerprint density at radius 2 is 1.64 bits per heavy atom. The molecule has 4 heterocycles. The highest BCUT2D eigenvalue weighted by Gasteiger charge is 2.42. The summed E-state index contributed by atoms with van der Waals surface area (Å²) in [6, 6.07) is 24.6. The summed E-state index contributed by atoms with van der Waals surface area (Å²) in [6.45, 7) is 12.3. The zero-order valence-corrected chi connectivity index (χ0v) is 25.4. The van der Waals surface area contributed by atoms with Crippen LogP contribution in [0.25, 0.3) is 0 Å². The highest BCUT2D eigenvalue weighted by atomic mass is 32.1. The van der Waals surface area contributed by atoms with Crippen molar-refractivity contribution in [3.05, 3.63) is 107 Å². The number of ether oxygens (including phenoxy) is 2. The molecule has 0 unspecified atom stereocenters. The van der Waals surface area contributed by atoms with Crippen molar-refractivity contribution in [2.75, 3.05) is 37.7 Å². The fourth-order valence-corrected chi connectivity index (χ4v) is 6.46. The van der Waals surface area contributed by atoms with Crippen molar-refractivity contribution in [3.8, 4) is 11.5 Å². The predicted octanol–water partition coefficient (Wildman–Crippen LogP) is 6.50. The Morgan fingerprint density at radius 3 is 2.33 bits per heavy atom. The van der Waals surface area contributed by atoms with Gasteiger partial charge in [0.05, 0.1) is 31.0 Å². The molecule has 6 rings (SSSR count). The van der Waals surface area contributed by atoms with Crippen molar-refractivity contribution in [3.63, 3.8) is 0 Å². The summed E-state index contributed by atoms with van der Waals surface area (Å²) >= 11 is 5.99. The maximum atomic E-state index is 6.11. The lowest BCUT2D eigenvalue weighted by Crippen LogP contribution is -2.37. The number of morpholine rings is 1. The van der Waals surface area contributed by atoms with Crippen LogP contribution in [0.3, 0.4) is 0 Å². The van der Waals surface area contributed by atoms with Crippen LogP contribution in [0.5, 0.6) is 11.5 Å². The van der Waals surface area contributed by atoms with E-state index < -0.39 is 0 Å². The number of thiocarbonyl (C=S) groups is 1. The third-order valence-corrected chi connectivity index (χ3v) is 8.68. The first-order valence-electron chi connectivity index (χ1n) is 14.8. The van der Waals surface area contributed by atoms with Crippen LogP contribution in [0.15, 0.2) is 79.0 Å². The van der Waals surface area contributed by atoms with Crippen LogP contribution in [0.1, 0.15) is 46.7 Å². The molecule has 0 bridgehead atoms. The van der Waals surface area contributed by atoms with E-state index in [2.05, 4.69) is 76.9 Å². The number of pyridine rings is 1. The van der Waals surface area contributed by atoms with Gasteiger partial charge in [0.1, 0.15) is 11.5 Å². The van der Waals surface area contributed by atoms with Crippen molar-refractivity contribution in [1.29, 1.82) is 0 Å². The van der Waals surface area contributed by atoms with Gasteiger partial charge in [-0.1, -0.05) is 23.8 Å². The SMILES string of the molecule is Cc1ccc(Oc2ccc(N3C(=S)N[C@H](c4ccccn4)[C@H]3c3cc(C)n(CCCN4CCOCC4)c3C)cc2)cc1. The minimum atomic E-state index is -0.0792. The van der Waals surface area contributed by atoms with Crippen molar-refractivity contribution in [1.82, 2.24) is 19.8 Å². The zero-order chi connectivity index (χ0) is 29.1. The second kappa shape index (κ2) is 12.7. The fourth-order valence-electron chi connectivity index (χ4n) is 6.11. The molecule has 2 aromatic heterocycles. The van der Waals surface area contributed by atoms with Gasteiger partial charge in [0.25, 0.3) is 0 Å². The van der Waals surface area contributed by atoms with E-state index in [0.717, 1.165) is 68.7 Å². The van der Waals surface area contributed by atoms with E-state index >= 15 is 0 Å². The fraction of sp³-hybridized carbons (Fsp3) is 0.353. The first kappa shape index (κ1) is 28.4. The molecular formula is C34H39N5O2S. The third-order valence-electron chi connectivity index (χ3n) is 8.36. The number of aryl methyl sites for hydroxylation is 2. The van der Waals surface area contributed by atoms with Gasteiger partial charge in [0.15, 0.2) is 5.11 Å². The van der Waals surface area contributed by atoms with Gasteiger partial charge in [0.2, 0.25) is 0 Å². The number of hydrogen-bond donors (Lipinski definition) is 1. The first-order chi connectivity index (χ1) is 20.5. The molecule has 0 amide bonds. The van der Waals surface area contributed by atoms with Crippen molar-refractivity contribution < 1.29 is 9.47 Å². The molecule has 0 aliphatic carbocycles. The molecule has 218 valence electrons. The number of anilines is 1. The maximum Gasteiger partial charge on any atom is 0.174 e. The molecule has 2 atom stereocenters. The van der Waals surface area contributed by atoms with Crippen LogP contribution < -0.4 is 15.0 Å². The Morgan fingerprint density at radius 1 is 0.929 bits per heavy atom. The van der Waals surface area contributed by atoms with Gasteiger partial charge >= 0.3 is 0 Å². The van der Waals surface area contributed by atoms with Gasteiger partial charge in [-0.3, -0.25) is 9.88 Å². The molecule has 0 spiro atoms. The summed E-state index contributed by atoms with van der Waals surface area (Å²) < 4.78 is 14.1. The van der Waals surface area contributed by atoms with Crippen LogP contribution in [0.4, 0.5) is 5.69 Å². The second-order valence-corrected chi connectivity index (χ2v) is 11.6. The molecule has 0 saturated carbocycles. The molecule has 8 heteroatoms. The number of rotatable bonds is 9. The molecule has 42 heavy (non-hydrogen) atoms. The molecule has 2 fully saturated rings. The molecule has 2 aromatic carbocycles. The maximum absolute atomic E-state index is 6.11. The van der Waals surface area contributed by atoms with Crippen molar-refractivity contribution in [2.24, 2.45) is 0 Å². The third kappa shape index (κ3) is 6.07. The molecule has 4 aromatic rings. The zero-order valence-electron chi connectivity index (χ0n) is 24.6. The topological polar surface area (TPSA) is 54.8 Å². The molecule has 2 aliphatic rings. The first-order valence-corrected chi connectivity index (χ1v) is 15.2. The number of aromatic nitrogens is 2. The van der Waals surface area contributed by atoms with E-state index in [1.807, 2.05) is 42.6 Å². The van der Waals surface area contributed by atoms with E-state index in [4.69, 9.17) is 26.7 Å². The van der Waals surface area contributed by atoms with Crippen molar-refractivity contribution in [2.45, 2.75) is 45.8 Å². The minimum Gasteiger partial charge on any atom is -0.457 e. The van der Waals surface area contributed by atoms with E-state index in [1.54, 1.807) is 0 Å². The van der Waals surface area contributed by atoms with Gasteiger partial charge in [0, 0.05) is 49.5 Å². The van der Waals surface area contributed by atoms with Crippen LogP contribution >= 0.6 is 12.2 Å². The van der Waals surface area contributed by atoms with Crippen LogP contribution in [-0.2, 0) is 11.3 Å². The molecular weight excluding hydrogens is 542 g/mol. The van der Waals surface area contributed by atoms with Gasteiger partial charge in [-0.25, -0.2) is 0 Å². The van der Waals surface area contributed by atoms with E-state index in [1.165, 1.54) is 22.5 Å². The molecule has 2 aliphatic heterocycles. The second-order valence-electron chi connectivity index (χ2n) is 11.2. The highest BCUT2D eigenvalue weighted by Crippen LogP contribution is 2.43. The van der Waals surface area contributed by atoms with E-state index in [0.29, 0.717) is 5.11 Å². The Kier molecular flexibility index (Phi) is 8.55. The summed E-state index contributed by atoms with van der Waals surface area (Å²) in [4.78, 5) is 9.48. The summed E-state index contributed by atoms with van der Waals surface area (Å²) in [6.07, 6.45) is 2.96. The van der Waals surface area contributed by atoms with Crippen LogP contribution in [-0.4, -0.2) is 52.4 Å². The van der Waals surface area contributed by atoms with Gasteiger partial charge in [-0.2, -0.15) is 0 Å². The number of nitrogens with zero attached hydrogens (tertiary/aromatic N) is 4. The Balaban J connectivity index is 1.28. The molecule has 7 nitrogen and oxygen atoms in total. The van der Waals surface area contributed by atoms with Gasteiger partial charge in [-0.05, 0) is 99.6 Å². The Hall–Kier alpha value is -3.72. The lowest BCUT2D eigenvalue weighted by Gasteiger charge is -2.28. The lowest BCUT2D eigenvalue weighted by atomic mass is 9.96. The molecule has 0 radical (unpaired) electrons. The molecule has 1 N–H and O–H groups in total. The smallest absolute Gasteiger partial charge is 0.174 e. The summed E-state index contributed by atoms with van der Waals surface area (Å²) in [5.41, 5.74) is 7.01. The monoisotopic (exact) mass is 581 g/mol. The molecule has 2 saturated heterocycles. The predicted molar refractivity (Wildman–Crippen MR) is 171 cm³/mol. The van der Waals surface area contributed by atoms with Gasteiger partial charge in [-0.15, -0.1) is 0 Å². The number of hydrogen-bond acceptors (Lipinski definition) is 5. The lowest BCUT2D eigenvalue weighted by molar-refractivity contribution is 0.0369. The Labute approximate surface area is 254 Å². The summed E-state index contributed by atoms with van der Waals surface area (Å²) in [5.74, 6) is 1.61. The Bertz CT molecular complexity index is 1500. The largest absolute Gasteiger partial charge is 0.457 e. The number of nitrogens with one attached hydrogen (secondary N) is 1. The standard InChI is InChI=1S/C34H39N5O2S/c1-24-8-12-28(13-9-24)41-29-14-10-27(11-15-29)39-33(32(36-34(39)42)31-7-4-5-16-35-31)30-23-25(2)38(26(30)3)18-6-17-37-19-21-40-22-20-37/h4-5,7-16,23,32-33H,6,17-22H2,1-3H3,(H,36,42)/t32-,33-/m1/s1. The quantitative estimate of drug-likeness (QED) is 0.227. The average Bonchev–Trinajstić information content (AvgIpc) is 3.50. The van der Waals surface area contributed by atoms with Crippen molar-refractivity contribution >= 4 is 23.0 Å². The number of benzene rings is 2. The van der Waals surface area contributed by atoms with Crippen LogP contribution in [0, 0.1) is 20.8 Å². The van der Waals surface area contributed by atoms with E-state index in [-0.39, 0.29) is 12.1 Å². The summed E-state index contributed by atoms with van der Waals surface area (Å²) in [5, 5.41) is 4.30.